The molecule has 0 N–H and O–H groups in total. The lowest BCUT2D eigenvalue weighted by Gasteiger charge is -2.12. The standard InChI is InChI=1S/C48H34N4/c1-31-27-43(50-47-42(31)26-25-36-20-19-32(2)49-46(36)47)40-17-9-15-38(28-40)39-16-10-18-41(29-39)45-30-44(51-48(52-45)37-13-7-4-8-14-37)35-23-21-34(22-24-35)33-11-5-3-6-12-33/h3-30H,1-2H3. The van der Waals surface area contributed by atoms with Gasteiger partial charge in [-0.1, -0.05) is 140 Å². The maximum absolute atomic E-state index is 5.20. The van der Waals surface area contributed by atoms with Crippen LogP contribution in [0.4, 0.5) is 0 Å². The van der Waals surface area contributed by atoms with E-state index in [1.165, 1.54) is 16.7 Å². The lowest BCUT2D eigenvalue weighted by molar-refractivity contribution is 1.18. The molecule has 0 radical (unpaired) electrons. The maximum atomic E-state index is 5.20. The minimum absolute atomic E-state index is 0.697. The first kappa shape index (κ1) is 31.2. The molecule has 0 saturated carbocycles. The zero-order valence-corrected chi connectivity index (χ0v) is 29.0. The molecule has 52 heavy (non-hydrogen) atoms. The van der Waals surface area contributed by atoms with Crippen LogP contribution < -0.4 is 0 Å². The van der Waals surface area contributed by atoms with Gasteiger partial charge in [0.15, 0.2) is 5.82 Å². The molecule has 0 bridgehead atoms. The summed E-state index contributed by atoms with van der Waals surface area (Å²) < 4.78 is 0. The van der Waals surface area contributed by atoms with Gasteiger partial charge >= 0.3 is 0 Å². The van der Waals surface area contributed by atoms with Crippen LogP contribution in [0.15, 0.2) is 170 Å². The second-order valence-corrected chi connectivity index (χ2v) is 13.2. The van der Waals surface area contributed by atoms with Gasteiger partial charge in [0, 0.05) is 38.7 Å². The van der Waals surface area contributed by atoms with Gasteiger partial charge in [-0.25, -0.2) is 15.0 Å². The number of aromatic nitrogens is 4. The fourth-order valence-electron chi connectivity index (χ4n) is 6.93. The van der Waals surface area contributed by atoms with E-state index < -0.39 is 0 Å². The molecule has 3 heterocycles. The summed E-state index contributed by atoms with van der Waals surface area (Å²) in [6.07, 6.45) is 0. The molecular weight excluding hydrogens is 633 g/mol. The van der Waals surface area contributed by atoms with Gasteiger partial charge in [0.05, 0.1) is 28.1 Å². The summed E-state index contributed by atoms with van der Waals surface area (Å²) in [7, 11) is 0. The van der Waals surface area contributed by atoms with E-state index >= 15 is 0 Å². The molecule has 4 heteroatoms. The predicted molar refractivity (Wildman–Crippen MR) is 215 cm³/mol. The van der Waals surface area contributed by atoms with E-state index in [1.807, 2.05) is 31.2 Å². The van der Waals surface area contributed by atoms with Crippen LogP contribution in [-0.4, -0.2) is 19.9 Å². The van der Waals surface area contributed by atoms with E-state index in [1.54, 1.807) is 0 Å². The molecule has 3 aromatic heterocycles. The van der Waals surface area contributed by atoms with Crippen molar-refractivity contribution in [2.75, 3.05) is 0 Å². The van der Waals surface area contributed by atoms with E-state index in [2.05, 4.69) is 153 Å². The summed E-state index contributed by atoms with van der Waals surface area (Å²) >= 11 is 0. The Hall–Kier alpha value is -6.78. The van der Waals surface area contributed by atoms with Gasteiger partial charge in [-0.2, -0.15) is 0 Å². The Balaban J connectivity index is 1.11. The molecule has 0 aliphatic heterocycles. The van der Waals surface area contributed by atoms with Crippen LogP contribution in [0.1, 0.15) is 11.3 Å². The van der Waals surface area contributed by atoms with Crippen molar-refractivity contribution in [2.24, 2.45) is 0 Å². The van der Waals surface area contributed by atoms with Crippen LogP contribution in [0.25, 0.3) is 89.2 Å². The fourth-order valence-corrected chi connectivity index (χ4v) is 6.93. The zero-order valence-electron chi connectivity index (χ0n) is 29.0. The topological polar surface area (TPSA) is 51.6 Å². The van der Waals surface area contributed by atoms with Gasteiger partial charge in [-0.15, -0.1) is 0 Å². The third-order valence-electron chi connectivity index (χ3n) is 9.68. The monoisotopic (exact) mass is 666 g/mol. The summed E-state index contributed by atoms with van der Waals surface area (Å²) in [6.45, 7) is 4.18. The zero-order chi connectivity index (χ0) is 35.0. The highest BCUT2D eigenvalue weighted by Crippen LogP contribution is 2.34. The van der Waals surface area contributed by atoms with Crippen molar-refractivity contribution in [3.63, 3.8) is 0 Å². The van der Waals surface area contributed by atoms with Crippen LogP contribution in [0.5, 0.6) is 0 Å². The van der Waals surface area contributed by atoms with Crippen molar-refractivity contribution in [3.05, 3.63) is 181 Å². The highest BCUT2D eigenvalue weighted by Gasteiger charge is 2.14. The Morgan fingerprint density at radius 2 is 0.846 bits per heavy atom. The highest BCUT2D eigenvalue weighted by molar-refractivity contribution is 6.04. The first-order chi connectivity index (χ1) is 25.6. The lowest BCUT2D eigenvalue weighted by Crippen LogP contribution is -1.96. The van der Waals surface area contributed by atoms with E-state index in [0.717, 1.165) is 78.0 Å². The number of fused-ring (bicyclic) bond motifs is 3. The molecule has 0 saturated heterocycles. The fraction of sp³-hybridized carbons (Fsp3) is 0.0417. The average Bonchev–Trinajstić information content (AvgIpc) is 3.21. The molecule has 0 atom stereocenters. The number of pyridine rings is 2. The van der Waals surface area contributed by atoms with Gasteiger partial charge < -0.3 is 0 Å². The summed E-state index contributed by atoms with van der Waals surface area (Å²) in [5.74, 6) is 0.697. The quantitative estimate of drug-likeness (QED) is 0.166. The van der Waals surface area contributed by atoms with Crippen molar-refractivity contribution in [1.29, 1.82) is 0 Å². The van der Waals surface area contributed by atoms with Crippen molar-refractivity contribution in [3.8, 4) is 67.4 Å². The van der Waals surface area contributed by atoms with Crippen LogP contribution in [0.2, 0.25) is 0 Å². The largest absolute Gasteiger partial charge is 0.251 e. The SMILES string of the molecule is Cc1ccc2ccc3c(C)cc(-c4cccc(-c5cccc(-c6cc(-c7ccc(-c8ccccc8)cc7)nc(-c7ccccc7)n6)c5)c4)nc3c2n1. The van der Waals surface area contributed by atoms with Crippen LogP contribution in [0, 0.1) is 13.8 Å². The Bertz CT molecular complexity index is 2740. The third kappa shape index (κ3) is 6.01. The average molecular weight is 667 g/mol. The number of aryl methyl sites for hydroxylation is 2. The number of benzene rings is 6. The smallest absolute Gasteiger partial charge is 0.160 e. The van der Waals surface area contributed by atoms with Crippen LogP contribution >= 0.6 is 0 Å². The van der Waals surface area contributed by atoms with Crippen molar-refractivity contribution >= 4 is 21.8 Å². The maximum Gasteiger partial charge on any atom is 0.160 e. The summed E-state index contributed by atoms with van der Waals surface area (Å²) in [5, 5.41) is 2.23. The van der Waals surface area contributed by atoms with E-state index in [4.69, 9.17) is 19.9 Å². The predicted octanol–water partition coefficient (Wildman–Crippen LogP) is 12.2. The lowest BCUT2D eigenvalue weighted by atomic mass is 9.97. The molecule has 0 amide bonds. The molecule has 9 rings (SSSR count). The minimum atomic E-state index is 0.697. The Labute approximate surface area is 303 Å². The Morgan fingerprint density at radius 3 is 1.52 bits per heavy atom. The number of hydrogen-bond donors (Lipinski definition) is 0. The first-order valence-corrected chi connectivity index (χ1v) is 17.6. The molecule has 9 aromatic rings. The minimum Gasteiger partial charge on any atom is -0.251 e. The van der Waals surface area contributed by atoms with Gasteiger partial charge in [-0.05, 0) is 72.0 Å². The Kier molecular flexibility index (Phi) is 7.90. The summed E-state index contributed by atoms with van der Waals surface area (Å²) in [4.78, 5) is 20.2. The molecule has 0 spiro atoms. The second kappa shape index (κ2) is 13.2. The molecule has 0 fully saturated rings. The van der Waals surface area contributed by atoms with E-state index in [0.29, 0.717) is 5.82 Å². The van der Waals surface area contributed by atoms with Crippen molar-refractivity contribution in [1.82, 2.24) is 19.9 Å². The van der Waals surface area contributed by atoms with Crippen LogP contribution in [-0.2, 0) is 0 Å². The van der Waals surface area contributed by atoms with Crippen LogP contribution in [0.3, 0.4) is 0 Å². The van der Waals surface area contributed by atoms with E-state index in [-0.39, 0.29) is 0 Å². The molecule has 6 aromatic carbocycles. The van der Waals surface area contributed by atoms with Gasteiger partial charge in [0.1, 0.15) is 0 Å². The molecular formula is C48H34N4. The number of hydrogen-bond acceptors (Lipinski definition) is 4. The molecule has 0 aliphatic rings. The Morgan fingerprint density at radius 1 is 0.327 bits per heavy atom. The number of nitrogens with zero attached hydrogens (tertiary/aromatic N) is 4. The molecule has 246 valence electrons. The molecule has 0 unspecified atom stereocenters. The normalized spacial score (nSPS) is 11.3. The van der Waals surface area contributed by atoms with Gasteiger partial charge in [0.25, 0.3) is 0 Å². The van der Waals surface area contributed by atoms with Crippen molar-refractivity contribution < 1.29 is 0 Å². The summed E-state index contributed by atoms with van der Waals surface area (Å²) in [5.41, 5.74) is 15.4. The second-order valence-electron chi connectivity index (χ2n) is 13.2. The van der Waals surface area contributed by atoms with Crippen molar-refractivity contribution in [2.45, 2.75) is 13.8 Å². The highest BCUT2D eigenvalue weighted by atomic mass is 14.9. The van der Waals surface area contributed by atoms with Gasteiger partial charge in [-0.3, -0.25) is 4.98 Å². The first-order valence-electron chi connectivity index (χ1n) is 17.6. The third-order valence-corrected chi connectivity index (χ3v) is 9.68. The molecule has 0 aliphatic carbocycles. The molecule has 4 nitrogen and oxygen atoms in total. The van der Waals surface area contributed by atoms with Gasteiger partial charge in [0.2, 0.25) is 0 Å². The number of rotatable bonds is 6. The summed E-state index contributed by atoms with van der Waals surface area (Å²) in [6, 6.07) is 59.2. The van der Waals surface area contributed by atoms with E-state index in [9.17, 15) is 0 Å².